The van der Waals surface area contributed by atoms with Crippen LogP contribution in [0.15, 0.2) is 0 Å². The summed E-state index contributed by atoms with van der Waals surface area (Å²) >= 11 is 0. The molecular weight excluding hydrogens is 198 g/mol. The van der Waals surface area contributed by atoms with E-state index in [2.05, 4.69) is 0 Å². The molecule has 0 aromatic heterocycles. The van der Waals surface area contributed by atoms with Gasteiger partial charge in [-0.3, -0.25) is 9.59 Å². The summed E-state index contributed by atoms with van der Waals surface area (Å²) in [7, 11) is 0. The van der Waals surface area contributed by atoms with Crippen LogP contribution < -0.4 is 0 Å². The second kappa shape index (κ2) is 4.61. The van der Waals surface area contributed by atoms with Crippen molar-refractivity contribution in [1.82, 2.24) is 4.90 Å². The number of aliphatic carboxylic acids is 1. The largest absolute Gasteiger partial charge is 0.481 e. The Kier molecular flexibility index (Phi) is 3.68. The summed E-state index contributed by atoms with van der Waals surface area (Å²) in [5.41, 5.74) is 0. The van der Waals surface area contributed by atoms with E-state index in [0.29, 0.717) is 13.0 Å². The topological polar surface area (TPSA) is 77.8 Å². The van der Waals surface area contributed by atoms with Gasteiger partial charge < -0.3 is 15.1 Å². The first-order valence-corrected chi connectivity index (χ1v) is 5.11. The van der Waals surface area contributed by atoms with Crippen molar-refractivity contribution >= 4 is 11.9 Å². The monoisotopic (exact) mass is 215 g/mol. The van der Waals surface area contributed by atoms with E-state index >= 15 is 0 Å². The number of aliphatic hydroxyl groups excluding tert-OH is 1. The maximum Gasteiger partial charge on any atom is 0.315 e. The van der Waals surface area contributed by atoms with Crippen molar-refractivity contribution in [2.75, 3.05) is 13.1 Å². The summed E-state index contributed by atoms with van der Waals surface area (Å²) in [6.45, 7) is 4.10. The average molecular weight is 215 g/mol. The lowest BCUT2D eigenvalue weighted by atomic mass is 9.96. The third kappa shape index (κ3) is 2.92. The highest BCUT2D eigenvalue weighted by molar-refractivity contribution is 5.96. The first-order chi connectivity index (χ1) is 6.91. The van der Waals surface area contributed by atoms with E-state index in [1.54, 1.807) is 0 Å². The van der Waals surface area contributed by atoms with E-state index in [-0.39, 0.29) is 12.5 Å². The Bertz CT molecular complexity index is 256. The molecule has 3 atom stereocenters. The number of hydrogen-bond acceptors (Lipinski definition) is 3. The van der Waals surface area contributed by atoms with Crippen molar-refractivity contribution in [2.45, 2.75) is 26.4 Å². The molecule has 0 aromatic rings. The second-order valence-electron chi connectivity index (χ2n) is 4.30. The number of carboxylic acids is 1. The Hall–Kier alpha value is -1.10. The molecule has 1 heterocycles. The number of aliphatic hydroxyl groups is 1. The Balaban J connectivity index is 2.63. The van der Waals surface area contributed by atoms with Crippen LogP contribution in [0.1, 0.15) is 20.3 Å². The maximum absolute atomic E-state index is 11.7. The van der Waals surface area contributed by atoms with Gasteiger partial charge in [0.2, 0.25) is 5.91 Å². The molecule has 0 aromatic carbocycles. The molecule has 2 N–H and O–H groups in total. The molecule has 1 amide bonds. The molecule has 1 saturated heterocycles. The van der Waals surface area contributed by atoms with Crippen LogP contribution in [0.5, 0.6) is 0 Å². The number of rotatable bonds is 2. The molecular formula is C10H17NO4. The van der Waals surface area contributed by atoms with Crippen LogP contribution in [0.2, 0.25) is 0 Å². The van der Waals surface area contributed by atoms with Gasteiger partial charge in [-0.05, 0) is 19.3 Å². The lowest BCUT2D eigenvalue weighted by Crippen LogP contribution is -2.48. The highest BCUT2D eigenvalue weighted by Crippen LogP contribution is 2.18. The van der Waals surface area contributed by atoms with Crippen LogP contribution in [0.4, 0.5) is 0 Å². The molecule has 1 rings (SSSR count). The van der Waals surface area contributed by atoms with E-state index in [1.807, 2.05) is 6.92 Å². The highest BCUT2D eigenvalue weighted by Gasteiger charge is 2.31. The van der Waals surface area contributed by atoms with Crippen molar-refractivity contribution in [3.63, 3.8) is 0 Å². The molecule has 0 radical (unpaired) electrons. The summed E-state index contributed by atoms with van der Waals surface area (Å²) in [6.07, 6.45) is 0.143. The fourth-order valence-electron chi connectivity index (χ4n) is 1.88. The Labute approximate surface area is 88.7 Å². The number of likely N-dealkylation sites (tertiary alicyclic amines) is 1. The van der Waals surface area contributed by atoms with Crippen molar-refractivity contribution in [3.05, 3.63) is 0 Å². The molecule has 5 nitrogen and oxygen atoms in total. The van der Waals surface area contributed by atoms with E-state index in [1.165, 1.54) is 11.8 Å². The quantitative estimate of drug-likeness (QED) is 0.632. The second-order valence-corrected chi connectivity index (χ2v) is 4.30. The summed E-state index contributed by atoms with van der Waals surface area (Å²) in [5.74, 6) is -2.33. The van der Waals surface area contributed by atoms with Gasteiger partial charge in [0, 0.05) is 13.1 Å². The predicted molar refractivity (Wildman–Crippen MR) is 53.2 cm³/mol. The normalized spacial score (nSPS) is 28.6. The van der Waals surface area contributed by atoms with Crippen molar-refractivity contribution in [1.29, 1.82) is 0 Å². The molecule has 15 heavy (non-hydrogen) atoms. The van der Waals surface area contributed by atoms with Gasteiger partial charge in [-0.2, -0.15) is 0 Å². The number of carboxylic acid groups (broad SMARTS) is 1. The zero-order valence-corrected chi connectivity index (χ0v) is 9.01. The average Bonchev–Trinajstić information content (AvgIpc) is 2.13. The lowest BCUT2D eigenvalue weighted by Gasteiger charge is -2.35. The smallest absolute Gasteiger partial charge is 0.315 e. The van der Waals surface area contributed by atoms with Gasteiger partial charge in [-0.15, -0.1) is 0 Å². The van der Waals surface area contributed by atoms with Crippen LogP contribution in [0.25, 0.3) is 0 Å². The zero-order valence-electron chi connectivity index (χ0n) is 9.01. The van der Waals surface area contributed by atoms with Crippen LogP contribution >= 0.6 is 0 Å². The van der Waals surface area contributed by atoms with E-state index < -0.39 is 23.9 Å². The number of carbonyl (C=O) groups excluding carboxylic acids is 1. The predicted octanol–water partition coefficient (Wildman–Crippen LogP) is -0.0636. The minimum absolute atomic E-state index is 0.221. The van der Waals surface area contributed by atoms with Gasteiger partial charge in [-0.1, -0.05) is 6.92 Å². The molecule has 0 bridgehead atoms. The minimum Gasteiger partial charge on any atom is -0.481 e. The van der Waals surface area contributed by atoms with Gasteiger partial charge in [0.1, 0.15) is 5.92 Å². The number of β-amino-alcohol motifs (C(OH)–C–C–N with tert-alkyl or cyclic N) is 1. The maximum atomic E-state index is 11.7. The first kappa shape index (κ1) is 12.0. The first-order valence-electron chi connectivity index (χ1n) is 5.11. The summed E-state index contributed by atoms with van der Waals surface area (Å²) in [4.78, 5) is 23.7. The molecule has 1 unspecified atom stereocenters. The summed E-state index contributed by atoms with van der Waals surface area (Å²) < 4.78 is 0. The Morgan fingerprint density at radius 3 is 2.47 bits per heavy atom. The van der Waals surface area contributed by atoms with Gasteiger partial charge in [0.15, 0.2) is 0 Å². The van der Waals surface area contributed by atoms with E-state index in [4.69, 9.17) is 5.11 Å². The number of carbonyl (C=O) groups is 2. The van der Waals surface area contributed by atoms with E-state index in [0.717, 1.165) is 0 Å². The number of amides is 1. The van der Waals surface area contributed by atoms with Gasteiger partial charge in [-0.25, -0.2) is 0 Å². The lowest BCUT2D eigenvalue weighted by molar-refractivity contribution is -0.152. The number of hydrogen-bond donors (Lipinski definition) is 2. The van der Waals surface area contributed by atoms with Crippen molar-refractivity contribution < 1.29 is 19.8 Å². The Morgan fingerprint density at radius 1 is 1.40 bits per heavy atom. The fourth-order valence-corrected chi connectivity index (χ4v) is 1.88. The van der Waals surface area contributed by atoms with Crippen LogP contribution in [-0.2, 0) is 9.59 Å². The van der Waals surface area contributed by atoms with Crippen molar-refractivity contribution in [3.8, 4) is 0 Å². The molecule has 1 fully saturated rings. The molecule has 1 aliphatic heterocycles. The van der Waals surface area contributed by atoms with Crippen LogP contribution in [-0.4, -0.2) is 46.2 Å². The molecule has 86 valence electrons. The fraction of sp³-hybridized carbons (Fsp3) is 0.800. The molecule has 0 aliphatic carbocycles. The highest BCUT2D eigenvalue weighted by atomic mass is 16.4. The van der Waals surface area contributed by atoms with Crippen molar-refractivity contribution in [2.24, 2.45) is 11.8 Å². The third-order valence-electron chi connectivity index (χ3n) is 2.69. The summed E-state index contributed by atoms with van der Waals surface area (Å²) in [5, 5.41) is 18.2. The molecule has 0 saturated carbocycles. The minimum atomic E-state index is -1.12. The SMILES string of the molecule is CC(C(=O)O)C(=O)N1C[C@@H](C)C[C@@H](O)C1. The van der Waals surface area contributed by atoms with Crippen LogP contribution in [0.3, 0.4) is 0 Å². The molecule has 5 heteroatoms. The van der Waals surface area contributed by atoms with Gasteiger partial charge in [0.25, 0.3) is 0 Å². The zero-order chi connectivity index (χ0) is 11.6. The van der Waals surface area contributed by atoms with E-state index in [9.17, 15) is 14.7 Å². The molecule has 0 spiro atoms. The van der Waals surface area contributed by atoms with Gasteiger partial charge in [0.05, 0.1) is 6.10 Å². The standard InChI is InChI=1S/C10H17NO4/c1-6-3-8(12)5-11(4-6)9(13)7(2)10(14)15/h6-8,12H,3-5H2,1-2H3,(H,14,15)/t6-,7?,8+/m0/s1. The number of nitrogens with zero attached hydrogens (tertiary/aromatic N) is 1. The Morgan fingerprint density at radius 2 is 2.00 bits per heavy atom. The number of piperidine rings is 1. The summed E-state index contributed by atoms with van der Waals surface area (Å²) in [6, 6.07) is 0. The molecule has 1 aliphatic rings. The third-order valence-corrected chi connectivity index (χ3v) is 2.69. The van der Waals surface area contributed by atoms with Crippen LogP contribution in [0, 0.1) is 11.8 Å². The van der Waals surface area contributed by atoms with Gasteiger partial charge >= 0.3 is 5.97 Å².